The molecule has 0 amide bonds. The van der Waals surface area contributed by atoms with E-state index in [1.807, 2.05) is 18.5 Å². The molecular weight excluding hydrogens is 144 g/mol. The maximum absolute atomic E-state index is 8.60. The van der Waals surface area contributed by atoms with Crippen molar-refractivity contribution in [2.24, 2.45) is 0 Å². The first-order valence-electron chi connectivity index (χ1n) is 2.97. The maximum Gasteiger partial charge on any atom is 0.0978 e. The standard InChI is InChI=1S/C7H8N2S/c1-10-7-6(5-8)3-2-4-9-7/h2,4,9H,3H2,1H3. The summed E-state index contributed by atoms with van der Waals surface area (Å²) in [6, 6.07) is 2.15. The van der Waals surface area contributed by atoms with Crippen LogP contribution in [0.25, 0.3) is 0 Å². The van der Waals surface area contributed by atoms with Crippen LogP contribution in [0.2, 0.25) is 0 Å². The molecule has 3 heteroatoms. The lowest BCUT2D eigenvalue weighted by Crippen LogP contribution is -2.07. The van der Waals surface area contributed by atoms with E-state index in [2.05, 4.69) is 11.4 Å². The van der Waals surface area contributed by atoms with Gasteiger partial charge in [-0.05, 0) is 12.5 Å². The molecule has 1 aliphatic heterocycles. The lowest BCUT2D eigenvalue weighted by molar-refractivity contribution is 1.05. The van der Waals surface area contributed by atoms with Crippen molar-refractivity contribution >= 4 is 11.8 Å². The van der Waals surface area contributed by atoms with E-state index in [1.54, 1.807) is 11.8 Å². The van der Waals surface area contributed by atoms with Crippen molar-refractivity contribution in [3.05, 3.63) is 22.9 Å². The summed E-state index contributed by atoms with van der Waals surface area (Å²) >= 11 is 1.57. The SMILES string of the molecule is CSC1=C(C#N)CC=CN1. The summed E-state index contributed by atoms with van der Waals surface area (Å²) in [7, 11) is 0. The minimum Gasteiger partial charge on any atom is -0.356 e. The molecule has 1 N–H and O–H groups in total. The number of nitrogens with one attached hydrogen (secondary N) is 1. The predicted octanol–water partition coefficient (Wildman–Crippen LogP) is 1.59. The topological polar surface area (TPSA) is 35.8 Å². The van der Waals surface area contributed by atoms with Crippen molar-refractivity contribution in [1.82, 2.24) is 5.32 Å². The molecule has 0 fully saturated rings. The number of nitriles is 1. The van der Waals surface area contributed by atoms with Crippen LogP contribution in [0.5, 0.6) is 0 Å². The molecule has 1 aliphatic rings. The quantitative estimate of drug-likeness (QED) is 0.619. The number of nitrogens with zero attached hydrogens (tertiary/aromatic N) is 1. The molecular formula is C7H8N2S. The summed E-state index contributed by atoms with van der Waals surface area (Å²) < 4.78 is 0. The molecule has 0 aromatic heterocycles. The predicted molar refractivity (Wildman–Crippen MR) is 43.0 cm³/mol. The second-order valence-electron chi connectivity index (χ2n) is 1.87. The van der Waals surface area contributed by atoms with Gasteiger partial charge in [-0.25, -0.2) is 0 Å². The molecule has 0 saturated carbocycles. The molecule has 0 aromatic carbocycles. The lowest BCUT2D eigenvalue weighted by atomic mass is 10.2. The van der Waals surface area contributed by atoms with Crippen molar-refractivity contribution in [2.45, 2.75) is 6.42 Å². The second kappa shape index (κ2) is 3.33. The number of hydrogen-bond donors (Lipinski definition) is 1. The summed E-state index contributed by atoms with van der Waals surface area (Å²) in [6.07, 6.45) is 6.53. The van der Waals surface area contributed by atoms with E-state index >= 15 is 0 Å². The van der Waals surface area contributed by atoms with Crippen LogP contribution in [0.4, 0.5) is 0 Å². The van der Waals surface area contributed by atoms with Crippen molar-refractivity contribution < 1.29 is 0 Å². The van der Waals surface area contributed by atoms with Gasteiger partial charge in [0, 0.05) is 6.42 Å². The number of dihydropyridines is 1. The summed E-state index contributed by atoms with van der Waals surface area (Å²) in [5.74, 6) is 0. The molecule has 0 atom stereocenters. The third-order valence-corrected chi connectivity index (χ3v) is 2.04. The van der Waals surface area contributed by atoms with Crippen LogP contribution < -0.4 is 5.32 Å². The van der Waals surface area contributed by atoms with Gasteiger partial charge < -0.3 is 5.32 Å². The Labute approximate surface area is 64.6 Å². The normalized spacial score (nSPS) is 16.4. The van der Waals surface area contributed by atoms with Gasteiger partial charge in [0.15, 0.2) is 0 Å². The molecule has 52 valence electrons. The van der Waals surface area contributed by atoms with Crippen molar-refractivity contribution in [1.29, 1.82) is 5.26 Å². The Morgan fingerprint density at radius 1 is 1.80 bits per heavy atom. The Kier molecular flexibility index (Phi) is 2.41. The van der Waals surface area contributed by atoms with Gasteiger partial charge in [-0.3, -0.25) is 0 Å². The summed E-state index contributed by atoms with van der Waals surface area (Å²) in [4.78, 5) is 0. The second-order valence-corrected chi connectivity index (χ2v) is 2.69. The smallest absolute Gasteiger partial charge is 0.0978 e. The highest BCUT2D eigenvalue weighted by molar-refractivity contribution is 8.02. The molecule has 1 rings (SSSR count). The first-order chi connectivity index (χ1) is 4.88. The van der Waals surface area contributed by atoms with E-state index < -0.39 is 0 Å². The molecule has 0 radical (unpaired) electrons. The van der Waals surface area contributed by atoms with Gasteiger partial charge in [0.1, 0.15) is 0 Å². The highest BCUT2D eigenvalue weighted by atomic mass is 32.2. The minimum atomic E-state index is 0.764. The van der Waals surface area contributed by atoms with Crippen LogP contribution in [-0.4, -0.2) is 6.26 Å². The first kappa shape index (κ1) is 7.23. The zero-order chi connectivity index (χ0) is 7.40. The van der Waals surface area contributed by atoms with E-state index in [0.29, 0.717) is 0 Å². The van der Waals surface area contributed by atoms with Crippen molar-refractivity contribution in [3.63, 3.8) is 0 Å². The van der Waals surface area contributed by atoms with E-state index in [-0.39, 0.29) is 0 Å². The molecule has 0 unspecified atom stereocenters. The highest BCUT2D eigenvalue weighted by Crippen LogP contribution is 2.19. The van der Waals surface area contributed by atoms with Crippen molar-refractivity contribution in [2.75, 3.05) is 6.26 Å². The van der Waals surface area contributed by atoms with Gasteiger partial charge in [0.25, 0.3) is 0 Å². The molecule has 0 aliphatic carbocycles. The zero-order valence-corrected chi connectivity index (χ0v) is 6.53. The Morgan fingerprint density at radius 3 is 3.10 bits per heavy atom. The van der Waals surface area contributed by atoms with Gasteiger partial charge >= 0.3 is 0 Å². The fourth-order valence-electron chi connectivity index (χ4n) is 0.770. The lowest BCUT2D eigenvalue weighted by Gasteiger charge is -2.09. The molecule has 0 bridgehead atoms. The van der Waals surface area contributed by atoms with Crippen LogP contribution in [0.3, 0.4) is 0 Å². The maximum atomic E-state index is 8.60. The van der Waals surface area contributed by atoms with E-state index in [0.717, 1.165) is 17.0 Å². The van der Waals surface area contributed by atoms with Crippen molar-refractivity contribution in [3.8, 4) is 6.07 Å². The molecule has 1 heterocycles. The van der Waals surface area contributed by atoms with Gasteiger partial charge in [-0.2, -0.15) is 5.26 Å². The summed E-state index contributed by atoms with van der Waals surface area (Å²) in [6.45, 7) is 0. The summed E-state index contributed by atoms with van der Waals surface area (Å²) in [5.41, 5.74) is 0.829. The third-order valence-electron chi connectivity index (χ3n) is 1.27. The fourth-order valence-corrected chi connectivity index (χ4v) is 1.33. The zero-order valence-electron chi connectivity index (χ0n) is 5.72. The van der Waals surface area contributed by atoms with Gasteiger partial charge in [-0.1, -0.05) is 6.08 Å². The van der Waals surface area contributed by atoms with Gasteiger partial charge in [0.2, 0.25) is 0 Å². The Morgan fingerprint density at radius 2 is 2.60 bits per heavy atom. The largest absolute Gasteiger partial charge is 0.356 e. The monoisotopic (exact) mass is 152 g/mol. The average molecular weight is 152 g/mol. The van der Waals surface area contributed by atoms with Crippen LogP contribution in [-0.2, 0) is 0 Å². The molecule has 10 heavy (non-hydrogen) atoms. The molecule has 0 spiro atoms. The number of hydrogen-bond acceptors (Lipinski definition) is 3. The minimum absolute atomic E-state index is 0.764. The van der Waals surface area contributed by atoms with E-state index in [4.69, 9.17) is 5.26 Å². The number of allylic oxidation sites excluding steroid dienone is 2. The number of thioether (sulfide) groups is 1. The first-order valence-corrected chi connectivity index (χ1v) is 4.19. The van der Waals surface area contributed by atoms with E-state index in [9.17, 15) is 0 Å². The Bertz CT molecular complexity index is 222. The summed E-state index contributed by atoms with van der Waals surface area (Å²) in [5, 5.41) is 12.6. The third kappa shape index (κ3) is 1.34. The van der Waals surface area contributed by atoms with Crippen LogP contribution in [0, 0.1) is 11.3 Å². The Balaban J connectivity index is 2.79. The number of rotatable bonds is 1. The van der Waals surface area contributed by atoms with Crippen LogP contribution in [0.15, 0.2) is 22.9 Å². The Hall–Kier alpha value is -0.880. The van der Waals surface area contributed by atoms with Crippen LogP contribution in [0.1, 0.15) is 6.42 Å². The highest BCUT2D eigenvalue weighted by Gasteiger charge is 2.05. The molecule has 2 nitrogen and oxygen atoms in total. The average Bonchev–Trinajstić information content (AvgIpc) is 2.04. The van der Waals surface area contributed by atoms with Gasteiger partial charge in [0.05, 0.1) is 16.7 Å². The molecule has 0 aromatic rings. The van der Waals surface area contributed by atoms with E-state index in [1.165, 1.54) is 0 Å². The van der Waals surface area contributed by atoms with Crippen LogP contribution >= 0.6 is 11.8 Å². The fraction of sp³-hybridized carbons (Fsp3) is 0.286. The molecule has 0 saturated heterocycles. The van der Waals surface area contributed by atoms with Gasteiger partial charge in [-0.15, -0.1) is 11.8 Å².